The fourth-order valence-corrected chi connectivity index (χ4v) is 3.42. The number of rotatable bonds is 6. The van der Waals surface area contributed by atoms with Crippen LogP contribution in [-0.2, 0) is 4.79 Å². The largest absolute Gasteiger partial charge is 0.483 e. The Bertz CT molecular complexity index is 1490. The van der Waals surface area contributed by atoms with Gasteiger partial charge in [0, 0.05) is 16.0 Å². The molecule has 0 fully saturated rings. The summed E-state index contributed by atoms with van der Waals surface area (Å²) in [5.41, 5.74) is 5.10. The van der Waals surface area contributed by atoms with E-state index < -0.39 is 24.0 Å². The van der Waals surface area contributed by atoms with Crippen LogP contribution in [0.1, 0.15) is 31.8 Å². The predicted octanol–water partition coefficient (Wildman–Crippen LogP) is 3.83. The molecule has 0 spiro atoms. The van der Waals surface area contributed by atoms with E-state index in [1.165, 1.54) is 6.07 Å². The van der Waals surface area contributed by atoms with E-state index in [0.29, 0.717) is 21.6 Å². The van der Waals surface area contributed by atoms with Crippen molar-refractivity contribution in [1.29, 1.82) is 0 Å². The maximum atomic E-state index is 13.0. The van der Waals surface area contributed by atoms with Gasteiger partial charge in [0.2, 0.25) is 0 Å². The van der Waals surface area contributed by atoms with Crippen molar-refractivity contribution < 1.29 is 23.5 Å². The molecule has 0 aliphatic rings. The van der Waals surface area contributed by atoms with Crippen LogP contribution < -0.4 is 21.2 Å². The number of halogens is 1. The minimum atomic E-state index is -0.841. The number of amides is 2. The van der Waals surface area contributed by atoms with Crippen molar-refractivity contribution in [2.75, 3.05) is 6.61 Å². The third-order valence-corrected chi connectivity index (χ3v) is 5.30. The predicted molar refractivity (Wildman–Crippen MR) is 130 cm³/mol. The number of ether oxygens (including phenoxy) is 1. The Morgan fingerprint density at radius 3 is 2.43 bits per heavy atom. The van der Waals surface area contributed by atoms with Crippen LogP contribution in [0, 0.1) is 6.92 Å². The second-order valence-electron chi connectivity index (χ2n) is 7.61. The molecular weight excluding hydrogens is 472 g/mol. The minimum Gasteiger partial charge on any atom is -0.483 e. The van der Waals surface area contributed by atoms with Gasteiger partial charge in [0.15, 0.2) is 12.4 Å². The number of nitrogens with one attached hydrogen (secondary N) is 2. The summed E-state index contributed by atoms with van der Waals surface area (Å²) in [6.07, 6.45) is 0. The molecule has 3 aromatic carbocycles. The van der Waals surface area contributed by atoms with Crippen LogP contribution in [0.4, 0.5) is 0 Å². The molecule has 0 atom stereocenters. The van der Waals surface area contributed by atoms with Gasteiger partial charge in [0.05, 0.1) is 5.56 Å². The first-order chi connectivity index (χ1) is 16.8. The molecule has 0 saturated carbocycles. The first-order valence-electron chi connectivity index (χ1n) is 10.5. The van der Waals surface area contributed by atoms with Gasteiger partial charge in [0.1, 0.15) is 16.9 Å². The van der Waals surface area contributed by atoms with Gasteiger partial charge in [-0.05, 0) is 55.5 Å². The number of hydrogen-bond acceptors (Lipinski definition) is 6. The molecule has 2 N–H and O–H groups in total. The molecule has 0 aliphatic heterocycles. The third kappa shape index (κ3) is 5.56. The van der Waals surface area contributed by atoms with Crippen LogP contribution >= 0.6 is 11.6 Å². The normalized spacial score (nSPS) is 10.6. The zero-order valence-corrected chi connectivity index (χ0v) is 19.2. The average Bonchev–Trinajstić information content (AvgIpc) is 2.86. The molecule has 1 aromatic heterocycles. The van der Waals surface area contributed by atoms with Crippen LogP contribution in [-0.4, -0.2) is 24.2 Å². The topological polar surface area (TPSA) is 115 Å². The summed E-state index contributed by atoms with van der Waals surface area (Å²) in [6.45, 7) is 1.34. The number of fused-ring (bicyclic) bond motifs is 1. The Kier molecular flexibility index (Phi) is 6.93. The zero-order valence-electron chi connectivity index (χ0n) is 18.5. The molecule has 2 amide bonds. The lowest BCUT2D eigenvalue weighted by atomic mass is 10.0. The molecule has 35 heavy (non-hydrogen) atoms. The summed E-state index contributed by atoms with van der Waals surface area (Å²) < 4.78 is 10.7. The van der Waals surface area contributed by atoms with Crippen molar-refractivity contribution >= 4 is 40.2 Å². The van der Waals surface area contributed by atoms with E-state index in [1.807, 2.05) is 6.92 Å². The highest BCUT2D eigenvalue weighted by molar-refractivity contribution is 6.30. The van der Waals surface area contributed by atoms with Gasteiger partial charge in [-0.3, -0.25) is 25.2 Å². The number of hydrogen-bond donors (Lipinski definition) is 2. The average molecular weight is 491 g/mol. The molecule has 9 heteroatoms. The number of benzene rings is 3. The van der Waals surface area contributed by atoms with E-state index in [-0.39, 0.29) is 22.7 Å². The summed E-state index contributed by atoms with van der Waals surface area (Å²) in [5, 5.41) is 1.06. The van der Waals surface area contributed by atoms with Gasteiger partial charge < -0.3 is 9.15 Å². The highest BCUT2D eigenvalue weighted by atomic mass is 35.5. The smallest absolute Gasteiger partial charge is 0.349 e. The molecule has 8 nitrogen and oxygen atoms in total. The second-order valence-corrected chi connectivity index (χ2v) is 8.05. The van der Waals surface area contributed by atoms with Gasteiger partial charge in [0.25, 0.3) is 11.8 Å². The SMILES string of the molecule is Cc1ccc(OCC(=O)NNC(=O)c2cc3ccccc3oc2=O)c(C(=O)c2ccc(Cl)cc2)c1. The molecule has 0 unspecified atom stereocenters. The van der Waals surface area contributed by atoms with Crippen molar-refractivity contribution in [3.63, 3.8) is 0 Å². The van der Waals surface area contributed by atoms with E-state index in [1.54, 1.807) is 66.7 Å². The number of carbonyl (C=O) groups excluding carboxylic acids is 3. The molecular formula is C26H19ClN2O6. The standard InChI is InChI=1S/C26H19ClN2O6/c1-15-6-11-22(19(12-15)24(31)16-7-9-18(27)10-8-16)34-14-23(30)28-29-25(32)20-13-17-4-2-3-5-21(17)35-26(20)33/h2-13H,14H2,1H3,(H,28,30)(H,29,32). The zero-order chi connectivity index (χ0) is 24.9. The Balaban J connectivity index is 1.41. The van der Waals surface area contributed by atoms with E-state index >= 15 is 0 Å². The van der Waals surface area contributed by atoms with Crippen molar-refractivity contribution in [2.24, 2.45) is 0 Å². The van der Waals surface area contributed by atoms with Crippen LogP contribution in [0.3, 0.4) is 0 Å². The quantitative estimate of drug-likeness (QED) is 0.241. The Hall–Kier alpha value is -4.43. The van der Waals surface area contributed by atoms with E-state index in [0.717, 1.165) is 5.56 Å². The fourth-order valence-electron chi connectivity index (χ4n) is 3.30. The van der Waals surface area contributed by atoms with Gasteiger partial charge in [-0.2, -0.15) is 0 Å². The fraction of sp³-hybridized carbons (Fsp3) is 0.0769. The number of aryl methyl sites for hydroxylation is 1. The van der Waals surface area contributed by atoms with Crippen molar-refractivity contribution in [1.82, 2.24) is 10.9 Å². The third-order valence-electron chi connectivity index (χ3n) is 5.05. The molecule has 1 heterocycles. The van der Waals surface area contributed by atoms with Crippen LogP contribution in [0.2, 0.25) is 5.02 Å². The van der Waals surface area contributed by atoms with Crippen LogP contribution in [0.25, 0.3) is 11.0 Å². The molecule has 0 bridgehead atoms. The van der Waals surface area contributed by atoms with Crippen LogP contribution in [0.5, 0.6) is 5.75 Å². The summed E-state index contributed by atoms with van der Waals surface area (Å²) in [5.74, 6) is -1.63. The number of para-hydroxylation sites is 1. The highest BCUT2D eigenvalue weighted by Gasteiger charge is 2.18. The molecule has 4 aromatic rings. The second kappa shape index (κ2) is 10.2. The van der Waals surface area contributed by atoms with Crippen molar-refractivity contribution in [3.8, 4) is 5.75 Å². The van der Waals surface area contributed by atoms with Crippen molar-refractivity contribution in [3.05, 3.63) is 110 Å². The molecule has 0 aliphatic carbocycles. The minimum absolute atomic E-state index is 0.201. The molecule has 4 rings (SSSR count). The van der Waals surface area contributed by atoms with E-state index in [9.17, 15) is 19.2 Å². The van der Waals surface area contributed by atoms with Gasteiger partial charge in [-0.25, -0.2) is 4.79 Å². The summed E-state index contributed by atoms with van der Waals surface area (Å²) in [6, 6.07) is 19.5. The van der Waals surface area contributed by atoms with E-state index in [2.05, 4.69) is 10.9 Å². The Labute approximate surface area is 204 Å². The van der Waals surface area contributed by atoms with Crippen molar-refractivity contribution in [2.45, 2.75) is 6.92 Å². The van der Waals surface area contributed by atoms with E-state index in [4.69, 9.17) is 20.8 Å². The Morgan fingerprint density at radius 1 is 0.914 bits per heavy atom. The van der Waals surface area contributed by atoms with Gasteiger partial charge in [-0.1, -0.05) is 41.4 Å². The maximum absolute atomic E-state index is 13.0. The Morgan fingerprint density at radius 2 is 1.66 bits per heavy atom. The molecule has 0 radical (unpaired) electrons. The van der Waals surface area contributed by atoms with Crippen LogP contribution in [0.15, 0.2) is 82.0 Å². The summed E-state index contributed by atoms with van der Waals surface area (Å²) in [7, 11) is 0. The summed E-state index contributed by atoms with van der Waals surface area (Å²) in [4.78, 5) is 49.7. The molecule has 176 valence electrons. The molecule has 0 saturated heterocycles. The number of carbonyl (C=O) groups is 3. The highest BCUT2D eigenvalue weighted by Crippen LogP contribution is 2.24. The van der Waals surface area contributed by atoms with Gasteiger partial charge >= 0.3 is 5.63 Å². The van der Waals surface area contributed by atoms with Gasteiger partial charge in [-0.15, -0.1) is 0 Å². The lowest BCUT2D eigenvalue weighted by molar-refractivity contribution is -0.123. The lowest BCUT2D eigenvalue weighted by Crippen LogP contribution is -2.45. The number of hydrazine groups is 1. The maximum Gasteiger partial charge on any atom is 0.349 e. The lowest BCUT2D eigenvalue weighted by Gasteiger charge is -2.12. The number of ketones is 1. The summed E-state index contributed by atoms with van der Waals surface area (Å²) >= 11 is 5.90. The monoisotopic (exact) mass is 490 g/mol. The first kappa shape index (κ1) is 23.7. The first-order valence-corrected chi connectivity index (χ1v) is 10.9.